The van der Waals surface area contributed by atoms with Crippen molar-refractivity contribution in [3.8, 4) is 11.4 Å². The van der Waals surface area contributed by atoms with Gasteiger partial charge >= 0.3 is 6.18 Å². The van der Waals surface area contributed by atoms with Gasteiger partial charge in [-0.25, -0.2) is 4.98 Å². The minimum Gasteiger partial charge on any atom is -0.332 e. The van der Waals surface area contributed by atoms with E-state index in [4.69, 9.17) is 0 Å². The fourth-order valence-electron chi connectivity index (χ4n) is 4.07. The lowest BCUT2D eigenvalue weighted by atomic mass is 10.0. The fourth-order valence-corrected chi connectivity index (χ4v) is 4.86. The lowest BCUT2D eigenvalue weighted by Crippen LogP contribution is -2.36. The predicted molar refractivity (Wildman–Crippen MR) is 108 cm³/mol. The monoisotopic (exact) mass is 446 g/mol. The number of aryl methyl sites for hydroxylation is 2. The highest BCUT2D eigenvalue weighted by atomic mass is 32.1. The molecule has 3 aromatic heterocycles. The Bertz CT molecular complexity index is 1320. The second-order valence-corrected chi connectivity index (χ2v) is 8.27. The number of halogens is 3. The van der Waals surface area contributed by atoms with Crippen LogP contribution in [-0.4, -0.2) is 41.9 Å². The highest BCUT2D eigenvalue weighted by molar-refractivity contribution is 7.17. The molecule has 0 saturated carbocycles. The number of fused-ring (bicyclic) bond motifs is 2. The van der Waals surface area contributed by atoms with Crippen molar-refractivity contribution in [2.75, 3.05) is 6.54 Å². The summed E-state index contributed by atoms with van der Waals surface area (Å²) in [7, 11) is 3.18. The molecule has 4 aromatic rings. The third kappa shape index (κ3) is 3.19. The summed E-state index contributed by atoms with van der Waals surface area (Å²) in [5.41, 5.74) is 4.62. The van der Waals surface area contributed by atoms with Crippen LogP contribution in [0.3, 0.4) is 0 Å². The van der Waals surface area contributed by atoms with Gasteiger partial charge in [0.1, 0.15) is 0 Å². The van der Waals surface area contributed by atoms with E-state index in [-0.39, 0.29) is 5.91 Å². The average molecular weight is 446 g/mol. The molecule has 1 aliphatic rings. The molecule has 0 unspecified atom stereocenters. The summed E-state index contributed by atoms with van der Waals surface area (Å²) in [5.74, 6) is -0.104. The van der Waals surface area contributed by atoms with Gasteiger partial charge in [0.15, 0.2) is 5.69 Å². The van der Waals surface area contributed by atoms with Crippen LogP contribution in [0.1, 0.15) is 27.3 Å². The van der Waals surface area contributed by atoms with Gasteiger partial charge in [-0.15, -0.1) is 11.3 Å². The first-order valence-corrected chi connectivity index (χ1v) is 10.4. The van der Waals surface area contributed by atoms with Crippen LogP contribution in [0, 0.1) is 0 Å². The Morgan fingerprint density at radius 2 is 1.97 bits per heavy atom. The third-order valence-corrected chi connectivity index (χ3v) is 6.36. The number of alkyl halides is 3. The summed E-state index contributed by atoms with van der Waals surface area (Å²) >= 11 is 1.42. The second kappa shape index (κ2) is 6.91. The molecule has 31 heavy (non-hydrogen) atoms. The minimum atomic E-state index is -4.52. The van der Waals surface area contributed by atoms with E-state index in [1.807, 2.05) is 12.1 Å². The number of nitrogens with zero attached hydrogens (tertiary/aromatic N) is 6. The van der Waals surface area contributed by atoms with Gasteiger partial charge < -0.3 is 4.90 Å². The number of rotatable bonds is 2. The van der Waals surface area contributed by atoms with Crippen LogP contribution in [0.15, 0.2) is 29.8 Å². The highest BCUT2D eigenvalue weighted by Crippen LogP contribution is 2.35. The first-order valence-electron chi connectivity index (χ1n) is 9.52. The van der Waals surface area contributed by atoms with E-state index in [2.05, 4.69) is 15.2 Å². The Morgan fingerprint density at radius 1 is 1.16 bits per heavy atom. The molecule has 4 heterocycles. The molecule has 0 radical (unpaired) electrons. The van der Waals surface area contributed by atoms with E-state index < -0.39 is 11.9 Å². The van der Waals surface area contributed by atoms with Crippen LogP contribution in [-0.2, 0) is 33.2 Å². The van der Waals surface area contributed by atoms with E-state index in [0.29, 0.717) is 42.2 Å². The Morgan fingerprint density at radius 3 is 2.71 bits per heavy atom. The standard InChI is InChI=1S/C20H17F3N6OS/c1-27-15(8-16(26-27)20(21,22)23)17-11-6-7-29(9-14(11)25-28(17)2)19(30)12-4-3-5-13-18(12)31-10-24-13/h3-5,8,10H,6-7,9H2,1-2H3. The maximum atomic E-state index is 13.2. The molecule has 0 N–H and O–H groups in total. The van der Waals surface area contributed by atoms with Gasteiger partial charge in [0.05, 0.1) is 44.9 Å². The van der Waals surface area contributed by atoms with E-state index in [9.17, 15) is 18.0 Å². The molecule has 11 heteroatoms. The van der Waals surface area contributed by atoms with Gasteiger partial charge in [-0.2, -0.15) is 23.4 Å². The molecule has 0 spiro atoms. The number of thiazole rings is 1. The Hall–Kier alpha value is -3.21. The molecule has 1 amide bonds. The molecule has 1 aliphatic heterocycles. The number of aromatic nitrogens is 5. The van der Waals surface area contributed by atoms with Gasteiger partial charge in [-0.05, 0) is 24.6 Å². The smallest absolute Gasteiger partial charge is 0.332 e. The zero-order chi connectivity index (χ0) is 21.9. The van der Waals surface area contributed by atoms with Crippen LogP contribution in [0.2, 0.25) is 0 Å². The van der Waals surface area contributed by atoms with Gasteiger partial charge in [0, 0.05) is 26.2 Å². The largest absolute Gasteiger partial charge is 0.435 e. The molecule has 0 atom stereocenters. The molecule has 0 saturated heterocycles. The summed E-state index contributed by atoms with van der Waals surface area (Å²) in [5, 5.41) is 8.13. The number of hydrogen-bond acceptors (Lipinski definition) is 5. The van der Waals surface area contributed by atoms with Crippen LogP contribution < -0.4 is 0 Å². The van der Waals surface area contributed by atoms with Gasteiger partial charge in [-0.1, -0.05) is 6.07 Å². The van der Waals surface area contributed by atoms with Gasteiger partial charge in [0.2, 0.25) is 0 Å². The normalized spacial score (nSPS) is 14.3. The van der Waals surface area contributed by atoms with Crippen molar-refractivity contribution in [2.45, 2.75) is 19.1 Å². The molecule has 0 aliphatic carbocycles. The summed E-state index contributed by atoms with van der Waals surface area (Å²) in [4.78, 5) is 19.2. The van der Waals surface area contributed by atoms with Crippen LogP contribution in [0.4, 0.5) is 13.2 Å². The van der Waals surface area contributed by atoms with Crippen molar-refractivity contribution in [1.29, 1.82) is 0 Å². The molecule has 0 fully saturated rings. The summed E-state index contributed by atoms with van der Waals surface area (Å²) in [6, 6.07) is 6.51. The zero-order valence-electron chi connectivity index (χ0n) is 16.6. The fraction of sp³-hybridized carbons (Fsp3) is 0.300. The maximum absolute atomic E-state index is 13.2. The van der Waals surface area contributed by atoms with Gasteiger partial charge in [0.25, 0.3) is 5.91 Å². The van der Waals surface area contributed by atoms with Crippen molar-refractivity contribution in [3.05, 3.63) is 52.3 Å². The SMILES string of the molecule is Cn1nc(C(F)(F)F)cc1-c1c2c(nn1C)CN(C(=O)c1cccc3ncsc13)CC2. The van der Waals surface area contributed by atoms with Crippen molar-refractivity contribution in [2.24, 2.45) is 14.1 Å². The Kier molecular flexibility index (Phi) is 4.40. The molecule has 0 bridgehead atoms. The van der Waals surface area contributed by atoms with E-state index in [0.717, 1.165) is 21.8 Å². The highest BCUT2D eigenvalue weighted by Gasteiger charge is 2.36. The first kappa shape index (κ1) is 19.7. The molecule has 160 valence electrons. The summed E-state index contributed by atoms with van der Waals surface area (Å²) < 4.78 is 43.0. The summed E-state index contributed by atoms with van der Waals surface area (Å²) in [6.07, 6.45) is -4.02. The van der Waals surface area contributed by atoms with Crippen molar-refractivity contribution in [1.82, 2.24) is 29.4 Å². The average Bonchev–Trinajstić information content (AvgIpc) is 3.42. The Labute approximate surface area is 178 Å². The van der Waals surface area contributed by atoms with Crippen LogP contribution in [0.25, 0.3) is 21.6 Å². The Balaban J connectivity index is 1.48. The predicted octanol–water partition coefficient (Wildman–Crippen LogP) is 3.65. The molecule has 5 rings (SSSR count). The molecular formula is C20H17F3N6OS. The van der Waals surface area contributed by atoms with Crippen LogP contribution in [0.5, 0.6) is 0 Å². The number of carbonyl (C=O) groups excluding carboxylic acids is 1. The number of benzene rings is 1. The number of hydrogen-bond donors (Lipinski definition) is 0. The summed E-state index contributed by atoms with van der Waals surface area (Å²) in [6.45, 7) is 0.741. The number of amides is 1. The van der Waals surface area contributed by atoms with E-state index >= 15 is 0 Å². The third-order valence-electron chi connectivity index (χ3n) is 5.49. The van der Waals surface area contributed by atoms with Crippen molar-refractivity contribution >= 4 is 27.5 Å². The zero-order valence-corrected chi connectivity index (χ0v) is 17.5. The molecule has 7 nitrogen and oxygen atoms in total. The van der Waals surface area contributed by atoms with Crippen molar-refractivity contribution < 1.29 is 18.0 Å². The second-order valence-electron chi connectivity index (χ2n) is 7.42. The first-order chi connectivity index (χ1) is 14.7. The molecular weight excluding hydrogens is 429 g/mol. The quantitative estimate of drug-likeness (QED) is 0.472. The topological polar surface area (TPSA) is 68.8 Å². The lowest BCUT2D eigenvalue weighted by molar-refractivity contribution is -0.141. The minimum absolute atomic E-state index is 0.104. The van der Waals surface area contributed by atoms with Gasteiger partial charge in [-0.3, -0.25) is 14.2 Å². The maximum Gasteiger partial charge on any atom is 0.435 e. The molecule has 1 aromatic carbocycles. The van der Waals surface area contributed by atoms with E-state index in [1.54, 1.807) is 28.2 Å². The number of carbonyl (C=O) groups is 1. The van der Waals surface area contributed by atoms with E-state index in [1.165, 1.54) is 23.1 Å². The van der Waals surface area contributed by atoms with Crippen molar-refractivity contribution in [3.63, 3.8) is 0 Å². The lowest BCUT2D eigenvalue weighted by Gasteiger charge is -2.26. The van der Waals surface area contributed by atoms with Crippen LogP contribution >= 0.6 is 11.3 Å².